The summed E-state index contributed by atoms with van der Waals surface area (Å²) in [5.74, 6) is -0.939. The number of aromatic carboxylic acids is 1. The van der Waals surface area contributed by atoms with Crippen molar-refractivity contribution in [2.75, 3.05) is 23.0 Å². The molecule has 13 heteroatoms. The van der Waals surface area contributed by atoms with Crippen LogP contribution in [0.4, 0.5) is 17.1 Å². The van der Waals surface area contributed by atoms with Gasteiger partial charge in [0.25, 0.3) is 11.8 Å². The van der Waals surface area contributed by atoms with Crippen LogP contribution in [-0.2, 0) is 54.8 Å². The van der Waals surface area contributed by atoms with Gasteiger partial charge in [-0.2, -0.15) is 0 Å². The fourth-order valence-electron chi connectivity index (χ4n) is 8.66. The lowest BCUT2D eigenvalue weighted by Gasteiger charge is -2.18. The Morgan fingerprint density at radius 3 is 1.36 bits per heavy atom. The predicted octanol–water partition coefficient (Wildman–Crippen LogP) is 15.7. The van der Waals surface area contributed by atoms with Crippen LogP contribution in [0.3, 0.4) is 0 Å². The van der Waals surface area contributed by atoms with Crippen LogP contribution in [0.2, 0.25) is 0 Å². The highest BCUT2D eigenvalue weighted by Gasteiger charge is 2.24. The first-order valence-electron chi connectivity index (χ1n) is 26.4. The lowest BCUT2D eigenvalue weighted by molar-refractivity contribution is 0.0701. The van der Waals surface area contributed by atoms with Crippen LogP contribution < -0.4 is 16.0 Å². The molecule has 73 heavy (non-hydrogen) atoms. The molecule has 0 atom stereocenters. The summed E-state index contributed by atoms with van der Waals surface area (Å²) in [7, 11) is 1.86. The molecular weight excluding hydrogens is 965 g/mol. The third-order valence-electron chi connectivity index (χ3n) is 12.8. The van der Waals surface area contributed by atoms with Gasteiger partial charge in [0.2, 0.25) is 0 Å². The van der Waals surface area contributed by atoms with Crippen LogP contribution in [0.15, 0.2) is 73.2 Å². The summed E-state index contributed by atoms with van der Waals surface area (Å²) in [6.45, 7) is 22.7. The van der Waals surface area contributed by atoms with Gasteiger partial charge in [-0.05, 0) is 147 Å². The fraction of sp³-hybridized carbons (Fsp3) is 0.500. The van der Waals surface area contributed by atoms with Crippen molar-refractivity contribution in [2.45, 2.75) is 189 Å². The first-order chi connectivity index (χ1) is 34.6. The summed E-state index contributed by atoms with van der Waals surface area (Å²) in [5.41, 5.74) is 17.1. The topological polar surface area (TPSA) is 151 Å². The van der Waals surface area contributed by atoms with Gasteiger partial charge in [-0.25, -0.2) is 19.7 Å². The molecule has 3 aliphatic rings. The molecule has 4 N–H and O–H groups in total. The van der Waals surface area contributed by atoms with Crippen LogP contribution in [-0.4, -0.2) is 44.9 Å². The Balaban J connectivity index is 0.000000187. The monoisotopic (exact) mass is 1050 g/mol. The van der Waals surface area contributed by atoms with Crippen molar-refractivity contribution < 1.29 is 19.5 Å². The SMILES string of the molecule is CC.CC(C)(C)c1ncc(C(=O)Nc2ccc3c(c2)CCCCC3)s1.CC(C)(C)c1ncc(C(=O)O)s1.CN(C(=O)c1cnc(C(C)(C)C)s1)c1ccc2c(c1)CCCCC2.Nc1ccc2c(c1)CCCCC2. The lowest BCUT2D eigenvalue weighted by Crippen LogP contribution is -2.25. The number of nitrogens with one attached hydrogen (secondary N) is 1. The highest BCUT2D eigenvalue weighted by molar-refractivity contribution is 7.14. The zero-order chi connectivity index (χ0) is 53.5. The Morgan fingerprint density at radius 1 is 0.521 bits per heavy atom. The summed E-state index contributed by atoms with van der Waals surface area (Å²) in [4.78, 5) is 52.1. The molecule has 3 aromatic carbocycles. The zero-order valence-corrected chi connectivity index (χ0v) is 48.2. The van der Waals surface area contributed by atoms with Crippen LogP contribution in [0.5, 0.6) is 0 Å². The number of nitrogens with zero attached hydrogens (tertiary/aromatic N) is 4. The van der Waals surface area contributed by atoms with Gasteiger partial charge in [0.15, 0.2) is 0 Å². The van der Waals surface area contributed by atoms with Gasteiger partial charge < -0.3 is 21.1 Å². The van der Waals surface area contributed by atoms with Crippen molar-refractivity contribution in [1.82, 2.24) is 15.0 Å². The fourth-order valence-corrected chi connectivity index (χ4v) is 11.3. The van der Waals surface area contributed by atoms with E-state index in [4.69, 9.17) is 10.8 Å². The number of hydrogen-bond acceptors (Lipinski definition) is 10. The molecule has 3 aliphatic carbocycles. The summed E-state index contributed by atoms with van der Waals surface area (Å²) in [6, 6.07) is 19.2. The number of thiazole rings is 3. The third-order valence-corrected chi connectivity index (χ3v) is 17.1. The van der Waals surface area contributed by atoms with Crippen LogP contribution >= 0.6 is 34.0 Å². The largest absolute Gasteiger partial charge is 0.477 e. The first kappa shape index (κ1) is 58.6. The van der Waals surface area contributed by atoms with E-state index in [-0.39, 0.29) is 28.1 Å². The molecule has 9 rings (SSSR count). The molecule has 394 valence electrons. The Bertz CT molecular complexity index is 2750. The zero-order valence-electron chi connectivity index (χ0n) is 45.8. The van der Waals surface area contributed by atoms with Gasteiger partial charge in [0.05, 0.1) is 33.6 Å². The molecule has 0 saturated heterocycles. The number of aromatic nitrogens is 3. The number of anilines is 3. The van der Waals surface area contributed by atoms with Crippen LogP contribution in [0, 0.1) is 0 Å². The number of carboxylic acid groups (broad SMARTS) is 1. The van der Waals surface area contributed by atoms with E-state index in [1.54, 1.807) is 17.3 Å². The smallest absolute Gasteiger partial charge is 0.347 e. The number of aryl methyl sites for hydroxylation is 6. The molecule has 3 aromatic heterocycles. The molecule has 6 aromatic rings. The number of hydrogen-bond donors (Lipinski definition) is 3. The summed E-state index contributed by atoms with van der Waals surface area (Å²) >= 11 is 4.21. The second kappa shape index (κ2) is 26.8. The molecule has 10 nitrogen and oxygen atoms in total. The number of carboxylic acids is 1. The van der Waals surface area contributed by atoms with Gasteiger partial charge >= 0.3 is 5.97 Å². The van der Waals surface area contributed by atoms with Gasteiger partial charge in [0.1, 0.15) is 14.6 Å². The number of nitrogen functional groups attached to an aromatic ring is 1. The van der Waals surface area contributed by atoms with Gasteiger partial charge in [-0.15, -0.1) is 34.0 Å². The number of rotatable bonds is 5. The standard InChI is InChI=1S/C20H26N2OS.C19H24N2OS.C11H15N.C8H11NO2S.C2H6/c1-20(2,3)19-21-13-17(24-19)18(23)22(4)16-11-10-14-8-6-5-7-9-15(14)12-16;1-19(2,3)18-20-12-16(23-18)17(22)21-15-10-9-13-7-5-4-6-8-14(13)11-15;12-11-7-6-9-4-2-1-3-5-10(9)8-11;1-8(2,3)7-9-4-5(12-7)6(10)11;1-2/h10-13H,5-9H2,1-4H3;9-12H,4-8H2,1-3H3,(H,21,22);6-8H,1-5,12H2;4H,1-3H3,(H,10,11);1-2H3. The quantitative estimate of drug-likeness (QED) is 0.114. The Kier molecular flexibility index (Phi) is 21.5. The van der Waals surface area contributed by atoms with Gasteiger partial charge in [-0.3, -0.25) is 9.59 Å². The summed E-state index contributed by atoms with van der Waals surface area (Å²) in [6.07, 6.45) is 23.5. The molecule has 0 fully saturated rings. The van der Waals surface area contributed by atoms with Crippen molar-refractivity contribution in [2.24, 2.45) is 0 Å². The van der Waals surface area contributed by atoms with Crippen LogP contribution in [0.25, 0.3) is 0 Å². The van der Waals surface area contributed by atoms with E-state index < -0.39 is 5.97 Å². The van der Waals surface area contributed by atoms with E-state index in [0.717, 1.165) is 57.8 Å². The summed E-state index contributed by atoms with van der Waals surface area (Å²) in [5, 5.41) is 14.5. The average molecular weight is 1050 g/mol. The number of carbonyl (C=O) groups excluding carboxylic acids is 2. The second-order valence-corrected chi connectivity index (χ2v) is 25.2. The number of nitrogens with two attached hydrogens (primary N) is 1. The van der Waals surface area contributed by atoms with Crippen molar-refractivity contribution in [3.8, 4) is 0 Å². The Hall–Kier alpha value is -5.24. The molecular formula is C60H82N6O4S3. The highest BCUT2D eigenvalue weighted by atomic mass is 32.1. The van der Waals surface area contributed by atoms with Crippen molar-refractivity contribution >= 4 is 68.9 Å². The average Bonchev–Trinajstić information content (AvgIpc) is 4.07. The van der Waals surface area contributed by atoms with Gasteiger partial charge in [0, 0.05) is 40.4 Å². The Labute approximate surface area is 448 Å². The molecule has 0 saturated carbocycles. The maximum atomic E-state index is 12.8. The maximum absolute atomic E-state index is 12.8. The number of carbonyl (C=O) groups is 3. The second-order valence-electron chi connectivity index (χ2n) is 22.1. The minimum Gasteiger partial charge on any atom is -0.477 e. The van der Waals surface area contributed by atoms with E-state index in [1.807, 2.05) is 53.8 Å². The lowest BCUT2D eigenvalue weighted by atomic mass is 9.98. The summed E-state index contributed by atoms with van der Waals surface area (Å²) < 4.78 is 0. The van der Waals surface area contributed by atoms with E-state index in [1.165, 1.54) is 144 Å². The molecule has 0 unspecified atom stereocenters. The minimum atomic E-state index is -0.900. The van der Waals surface area contributed by atoms with Crippen LogP contribution in [0.1, 0.15) is 211 Å². The number of fused-ring (bicyclic) bond motifs is 3. The van der Waals surface area contributed by atoms with E-state index >= 15 is 0 Å². The van der Waals surface area contributed by atoms with E-state index in [9.17, 15) is 14.4 Å². The third kappa shape index (κ3) is 17.4. The van der Waals surface area contributed by atoms with Crippen molar-refractivity contribution in [3.63, 3.8) is 0 Å². The van der Waals surface area contributed by atoms with Crippen molar-refractivity contribution in [3.05, 3.63) is 136 Å². The molecule has 3 heterocycles. The predicted molar refractivity (Wildman–Crippen MR) is 309 cm³/mol. The molecule has 0 spiro atoms. The van der Waals surface area contributed by atoms with Gasteiger partial charge in [-0.1, -0.05) is 114 Å². The van der Waals surface area contributed by atoms with Crippen molar-refractivity contribution in [1.29, 1.82) is 0 Å². The molecule has 0 bridgehead atoms. The van der Waals surface area contributed by atoms with E-state index in [2.05, 4.69) is 104 Å². The maximum Gasteiger partial charge on any atom is 0.347 e. The highest BCUT2D eigenvalue weighted by Crippen LogP contribution is 2.32. The van der Waals surface area contributed by atoms with E-state index in [0.29, 0.717) is 14.6 Å². The number of amides is 2. The minimum absolute atomic E-state index is 0.0206. The molecule has 2 amide bonds. The normalized spacial score (nSPS) is 14.3. The first-order valence-corrected chi connectivity index (χ1v) is 28.8. The molecule has 0 radical (unpaired) electrons. The Morgan fingerprint density at radius 2 is 0.904 bits per heavy atom. The number of benzene rings is 3. The molecule has 0 aliphatic heterocycles.